The lowest BCUT2D eigenvalue weighted by atomic mass is 9.58. The van der Waals surface area contributed by atoms with Crippen molar-refractivity contribution in [1.82, 2.24) is 19.6 Å². The van der Waals surface area contributed by atoms with E-state index in [1.807, 2.05) is 0 Å². The first-order valence-corrected chi connectivity index (χ1v) is 37.1. The lowest BCUT2D eigenvalue weighted by Gasteiger charge is -2.51. The number of likely N-dealkylation sites (tertiary alicyclic amines) is 2. The summed E-state index contributed by atoms with van der Waals surface area (Å²) in [6, 6.07) is 9.07. The maximum Gasteiger partial charge on any atom is 0.168 e. The standard InChI is InChI=1S/C72H117F5N4/c73-68-67(69(74)71(76)72(77)70(68)75)50-42-48(46-29-33-55(34-30-46)80-63-27-15-13-25-59(63)61-44-57(37-39-65(61)80)78(51-17-5-1-6-18-51)52-19-7-2-8-20-52)41-49(43-50)47-31-35-56(36-32-47)81-64-28-16-14-26-60(64)62-45-58(38-40-66(62)81)79(53-21-9-3-10-22-53)54-23-11-4-12-24-54/h46-72H,1-45H2. The summed E-state index contributed by atoms with van der Waals surface area (Å²) >= 11 is 0. The van der Waals surface area contributed by atoms with E-state index in [1.165, 1.54) is 270 Å². The predicted octanol–water partition coefficient (Wildman–Crippen LogP) is 18.2. The summed E-state index contributed by atoms with van der Waals surface area (Å²) in [6.07, 6.45) is 48.0. The molecule has 4 nitrogen and oxygen atoms in total. The van der Waals surface area contributed by atoms with Crippen LogP contribution in [0.25, 0.3) is 0 Å². The molecular weight excluding hydrogens is 1020 g/mol. The first-order chi connectivity index (χ1) is 39.8. The summed E-state index contributed by atoms with van der Waals surface area (Å²) < 4.78 is 78.4. The van der Waals surface area contributed by atoms with Crippen molar-refractivity contribution in [2.24, 2.45) is 59.2 Å². The Kier molecular flexibility index (Phi) is 18.6. The molecule has 12 saturated carbocycles. The van der Waals surface area contributed by atoms with Crippen molar-refractivity contribution in [3.63, 3.8) is 0 Å². The van der Waals surface area contributed by atoms with Gasteiger partial charge in [0.25, 0.3) is 0 Å². The quantitative estimate of drug-likeness (QED) is 0.191. The van der Waals surface area contributed by atoms with Crippen LogP contribution >= 0.6 is 0 Å². The highest BCUT2D eigenvalue weighted by atomic mass is 19.2. The fourth-order valence-corrected chi connectivity index (χ4v) is 25.4. The molecule has 14 aliphatic rings. The Labute approximate surface area is 490 Å². The van der Waals surface area contributed by atoms with E-state index < -0.39 is 42.7 Å². The minimum atomic E-state index is -2.71. The number of hydrogen-bond donors (Lipinski definition) is 0. The van der Waals surface area contributed by atoms with Gasteiger partial charge >= 0.3 is 0 Å². The highest BCUT2D eigenvalue weighted by molar-refractivity contribution is 5.12. The van der Waals surface area contributed by atoms with Crippen LogP contribution in [-0.2, 0) is 0 Å². The van der Waals surface area contributed by atoms with Gasteiger partial charge in [0.1, 0.15) is 12.3 Å². The second-order valence-electron chi connectivity index (χ2n) is 32.3. The van der Waals surface area contributed by atoms with Gasteiger partial charge in [0, 0.05) is 78.4 Å². The zero-order chi connectivity index (χ0) is 54.7. The van der Waals surface area contributed by atoms with Gasteiger partial charge in [-0.05, 0) is 239 Å². The first-order valence-electron chi connectivity index (χ1n) is 37.1. The number of hydrogen-bond acceptors (Lipinski definition) is 4. The van der Waals surface area contributed by atoms with Crippen molar-refractivity contribution in [2.75, 3.05) is 0 Å². The second kappa shape index (κ2) is 25.9. The van der Waals surface area contributed by atoms with E-state index in [9.17, 15) is 4.39 Å². The molecule has 0 N–H and O–H groups in total. The van der Waals surface area contributed by atoms with E-state index in [1.54, 1.807) is 0 Å². The zero-order valence-electron chi connectivity index (χ0n) is 51.1. The number of halogens is 5. The molecule has 14 fully saturated rings. The number of rotatable bonds is 11. The Hall–Kier alpha value is -0.510. The molecule has 460 valence electrons. The minimum absolute atomic E-state index is 0.333. The van der Waals surface area contributed by atoms with Crippen LogP contribution in [0.15, 0.2) is 0 Å². The molecule has 9 heteroatoms. The molecule has 0 aromatic heterocycles. The Morgan fingerprint density at radius 3 is 0.901 bits per heavy atom. The molecule has 12 aliphatic carbocycles. The zero-order valence-corrected chi connectivity index (χ0v) is 51.1. The van der Waals surface area contributed by atoms with Crippen LogP contribution < -0.4 is 0 Å². The van der Waals surface area contributed by atoms with Crippen LogP contribution in [0.5, 0.6) is 0 Å². The summed E-state index contributed by atoms with van der Waals surface area (Å²) in [5, 5.41) is 0. The largest absolute Gasteiger partial charge is 0.294 e. The lowest BCUT2D eigenvalue weighted by molar-refractivity contribution is -0.118. The Bertz CT molecular complexity index is 1800. The molecule has 0 amide bonds. The molecule has 2 heterocycles. The maximum atomic E-state index is 16.3. The Morgan fingerprint density at radius 2 is 0.531 bits per heavy atom. The Balaban J connectivity index is 0.652. The van der Waals surface area contributed by atoms with Gasteiger partial charge in [-0.2, -0.15) is 0 Å². The van der Waals surface area contributed by atoms with Gasteiger partial charge in [-0.15, -0.1) is 0 Å². The normalized spacial score (nSPS) is 48.9. The van der Waals surface area contributed by atoms with Gasteiger partial charge in [0.05, 0.1) is 0 Å². The maximum absolute atomic E-state index is 16.3. The molecule has 14 rings (SSSR count). The van der Waals surface area contributed by atoms with Crippen molar-refractivity contribution in [3.8, 4) is 0 Å². The molecular formula is C72H117F5N4. The topological polar surface area (TPSA) is 13.0 Å². The molecule has 2 saturated heterocycles. The van der Waals surface area contributed by atoms with E-state index in [4.69, 9.17) is 0 Å². The summed E-state index contributed by atoms with van der Waals surface area (Å²) in [7, 11) is 0. The van der Waals surface area contributed by atoms with Gasteiger partial charge in [-0.25, -0.2) is 22.0 Å². The summed E-state index contributed by atoms with van der Waals surface area (Å²) in [5.41, 5.74) is 0. The van der Waals surface area contributed by atoms with E-state index in [-0.39, 0.29) is 0 Å². The van der Waals surface area contributed by atoms with Crippen LogP contribution in [0.2, 0.25) is 0 Å². The third kappa shape index (κ3) is 11.5. The minimum Gasteiger partial charge on any atom is -0.294 e. The summed E-state index contributed by atoms with van der Waals surface area (Å²) in [5.74, 6) is 3.28. The average Bonchev–Trinajstić information content (AvgIpc) is 4.04. The smallest absolute Gasteiger partial charge is 0.168 e. The molecule has 0 spiro atoms. The fourth-order valence-electron chi connectivity index (χ4n) is 25.4. The summed E-state index contributed by atoms with van der Waals surface area (Å²) in [6.45, 7) is 0. The van der Waals surface area contributed by atoms with E-state index in [0.29, 0.717) is 48.6 Å². The Morgan fingerprint density at radius 1 is 0.222 bits per heavy atom. The lowest BCUT2D eigenvalue weighted by Crippen LogP contribution is -2.56. The predicted molar refractivity (Wildman–Crippen MR) is 320 cm³/mol. The van der Waals surface area contributed by atoms with Crippen molar-refractivity contribution < 1.29 is 22.0 Å². The number of fused-ring (bicyclic) bond motifs is 6. The van der Waals surface area contributed by atoms with Crippen LogP contribution in [0.4, 0.5) is 22.0 Å². The first kappa shape index (κ1) is 58.2. The van der Waals surface area contributed by atoms with Crippen molar-refractivity contribution in [3.05, 3.63) is 0 Å². The molecule has 0 aromatic carbocycles. The SMILES string of the molecule is FC1C(F)C(F)C(C2CC(C3CCC(N4C5CCCCC5C5CC(N(C6CCCCC6)C6CCCCC6)CCC54)CC3)CC(C3CCC(N4C5CCCCC5C5CC(N(C6CCCCC6)C6CCCCC6)CCC54)CC3)C2)C(F)C1F. The van der Waals surface area contributed by atoms with E-state index in [2.05, 4.69) is 19.6 Å². The third-order valence-electron chi connectivity index (χ3n) is 28.7. The summed E-state index contributed by atoms with van der Waals surface area (Å²) in [4.78, 5) is 12.8. The van der Waals surface area contributed by atoms with E-state index >= 15 is 17.6 Å². The molecule has 81 heavy (non-hydrogen) atoms. The second-order valence-corrected chi connectivity index (χ2v) is 32.3. The number of alkyl halides is 5. The van der Waals surface area contributed by atoms with Crippen molar-refractivity contribution in [2.45, 2.75) is 392 Å². The van der Waals surface area contributed by atoms with Gasteiger partial charge in [0.2, 0.25) is 0 Å². The third-order valence-corrected chi connectivity index (χ3v) is 28.7. The van der Waals surface area contributed by atoms with Crippen LogP contribution in [-0.4, -0.2) is 123 Å². The molecule has 0 radical (unpaired) electrons. The van der Waals surface area contributed by atoms with Crippen LogP contribution in [0.3, 0.4) is 0 Å². The number of nitrogens with zero attached hydrogens (tertiary/aromatic N) is 4. The van der Waals surface area contributed by atoms with Gasteiger partial charge in [-0.1, -0.05) is 103 Å². The van der Waals surface area contributed by atoms with Crippen molar-refractivity contribution >= 4 is 0 Å². The molecule has 0 aromatic rings. The van der Waals surface area contributed by atoms with Gasteiger partial charge in [0.15, 0.2) is 18.5 Å². The highest BCUT2D eigenvalue weighted by Gasteiger charge is 2.60. The van der Waals surface area contributed by atoms with Crippen LogP contribution in [0.1, 0.15) is 289 Å². The van der Waals surface area contributed by atoms with Crippen LogP contribution in [0, 0.1) is 59.2 Å². The highest BCUT2D eigenvalue weighted by Crippen LogP contribution is 2.58. The average molecular weight is 1130 g/mol. The monoisotopic (exact) mass is 1130 g/mol. The molecule has 2 aliphatic heterocycles. The van der Waals surface area contributed by atoms with Gasteiger partial charge in [-0.3, -0.25) is 19.6 Å². The van der Waals surface area contributed by atoms with E-state index in [0.717, 1.165) is 90.5 Å². The molecule has 16 unspecified atom stereocenters. The molecule has 16 atom stereocenters. The molecule has 0 bridgehead atoms. The van der Waals surface area contributed by atoms with Crippen molar-refractivity contribution in [1.29, 1.82) is 0 Å². The fraction of sp³-hybridized carbons (Fsp3) is 1.00. The van der Waals surface area contributed by atoms with Gasteiger partial charge < -0.3 is 0 Å².